The number of nitrogens with two attached hydrogens (primary N) is 2. The summed E-state index contributed by atoms with van der Waals surface area (Å²) in [7, 11) is 0. The lowest BCUT2D eigenvalue weighted by Gasteiger charge is -2.23. The minimum absolute atomic E-state index is 0.155. The van der Waals surface area contributed by atoms with Crippen LogP contribution in [-0.2, 0) is 16.1 Å². The third-order valence-corrected chi connectivity index (χ3v) is 5.83. The van der Waals surface area contributed by atoms with E-state index in [1.54, 1.807) is 24.3 Å². The van der Waals surface area contributed by atoms with Crippen LogP contribution in [0.1, 0.15) is 35.4 Å². The molecule has 38 heavy (non-hydrogen) atoms. The summed E-state index contributed by atoms with van der Waals surface area (Å²) in [5.41, 5.74) is 13.5. The van der Waals surface area contributed by atoms with Crippen molar-refractivity contribution in [3.63, 3.8) is 0 Å². The Morgan fingerprint density at radius 1 is 0.763 bits per heavy atom. The summed E-state index contributed by atoms with van der Waals surface area (Å²) in [6.07, 6.45) is 0.850. The van der Waals surface area contributed by atoms with Crippen LogP contribution in [0, 0.1) is 5.41 Å². The van der Waals surface area contributed by atoms with Crippen molar-refractivity contribution in [1.29, 1.82) is 5.41 Å². The van der Waals surface area contributed by atoms with Crippen LogP contribution < -0.4 is 32.7 Å². The number of carbonyl (C=O) groups excluding carboxylic acids is 3. The van der Waals surface area contributed by atoms with Gasteiger partial charge in [-0.3, -0.25) is 15.0 Å². The molecule has 0 saturated carbocycles. The minimum Gasteiger partial charge on any atom is -0.370 e. The molecule has 9 N–H and O–H groups in total. The van der Waals surface area contributed by atoms with Gasteiger partial charge in [0.1, 0.15) is 6.04 Å². The van der Waals surface area contributed by atoms with E-state index in [1.807, 2.05) is 60.7 Å². The number of guanidine groups is 1. The van der Waals surface area contributed by atoms with Gasteiger partial charge in [0, 0.05) is 18.8 Å². The van der Waals surface area contributed by atoms with Gasteiger partial charge in [-0.2, -0.15) is 0 Å². The number of benzene rings is 3. The van der Waals surface area contributed by atoms with E-state index in [0.717, 1.165) is 16.7 Å². The largest absolute Gasteiger partial charge is 0.370 e. The van der Waals surface area contributed by atoms with Gasteiger partial charge < -0.3 is 32.7 Å². The molecule has 0 bridgehead atoms. The van der Waals surface area contributed by atoms with Crippen molar-refractivity contribution < 1.29 is 14.4 Å². The Balaban J connectivity index is 1.73. The van der Waals surface area contributed by atoms with Gasteiger partial charge in [-0.05, 0) is 41.7 Å². The quantitative estimate of drug-likeness (QED) is 0.111. The molecule has 0 fully saturated rings. The third kappa shape index (κ3) is 8.66. The number of amides is 4. The number of carbonyl (C=O) groups is 3. The Kier molecular flexibility index (Phi) is 10.2. The molecular formula is C28H33N7O3. The predicted molar refractivity (Wildman–Crippen MR) is 147 cm³/mol. The van der Waals surface area contributed by atoms with Gasteiger partial charge >= 0.3 is 6.03 Å². The second kappa shape index (κ2) is 14.0. The molecule has 0 saturated heterocycles. The number of nitrogens with one attached hydrogen (secondary N) is 5. The maximum Gasteiger partial charge on any atom is 0.316 e. The summed E-state index contributed by atoms with van der Waals surface area (Å²) in [5, 5.41) is 18.4. The SMILES string of the molecule is N=C(N)NCCCC(NC(=O)C(c1ccccc1)c1ccccc1)C(=O)NCc1ccc(NC(N)=O)cc1. The van der Waals surface area contributed by atoms with Crippen LogP contribution in [-0.4, -0.2) is 36.4 Å². The van der Waals surface area contributed by atoms with Crippen LogP contribution in [0.2, 0.25) is 0 Å². The first-order chi connectivity index (χ1) is 18.3. The minimum atomic E-state index is -0.804. The van der Waals surface area contributed by atoms with Gasteiger partial charge in [0.05, 0.1) is 5.92 Å². The fourth-order valence-electron chi connectivity index (χ4n) is 4.00. The van der Waals surface area contributed by atoms with Crippen molar-refractivity contribution in [3.05, 3.63) is 102 Å². The highest BCUT2D eigenvalue weighted by Gasteiger charge is 2.27. The van der Waals surface area contributed by atoms with Crippen LogP contribution in [0.3, 0.4) is 0 Å². The fourth-order valence-corrected chi connectivity index (χ4v) is 4.00. The molecule has 10 nitrogen and oxygen atoms in total. The normalized spacial score (nSPS) is 11.3. The Labute approximate surface area is 221 Å². The van der Waals surface area contributed by atoms with E-state index < -0.39 is 18.0 Å². The van der Waals surface area contributed by atoms with Gasteiger partial charge in [0.15, 0.2) is 5.96 Å². The van der Waals surface area contributed by atoms with E-state index in [1.165, 1.54) is 0 Å². The van der Waals surface area contributed by atoms with Crippen LogP contribution >= 0.6 is 0 Å². The first-order valence-corrected chi connectivity index (χ1v) is 12.2. The first-order valence-electron chi connectivity index (χ1n) is 12.2. The molecular weight excluding hydrogens is 482 g/mol. The molecule has 0 spiro atoms. The van der Waals surface area contributed by atoms with Gasteiger partial charge in [0.25, 0.3) is 0 Å². The van der Waals surface area contributed by atoms with E-state index in [9.17, 15) is 14.4 Å². The van der Waals surface area contributed by atoms with Crippen molar-refractivity contribution in [2.45, 2.75) is 31.3 Å². The molecule has 3 rings (SSSR count). The molecule has 3 aromatic rings. The molecule has 4 amide bonds. The average molecular weight is 516 g/mol. The van der Waals surface area contributed by atoms with Gasteiger partial charge in [-0.1, -0.05) is 72.8 Å². The molecule has 198 valence electrons. The monoisotopic (exact) mass is 515 g/mol. The molecule has 0 aliphatic heterocycles. The molecule has 0 aliphatic rings. The number of rotatable bonds is 12. The maximum absolute atomic E-state index is 13.6. The van der Waals surface area contributed by atoms with Crippen molar-refractivity contribution in [3.8, 4) is 0 Å². The third-order valence-electron chi connectivity index (χ3n) is 5.83. The van der Waals surface area contributed by atoms with Crippen molar-refractivity contribution in [2.75, 3.05) is 11.9 Å². The standard InChI is InChI=1S/C28H33N7O3/c29-27(30)32-17-7-12-23(25(36)33-18-19-13-15-22(16-14-19)34-28(31)38)35-26(37)24(20-8-3-1-4-9-20)21-10-5-2-6-11-21/h1-6,8-11,13-16,23-24H,7,12,17-18H2,(H,33,36)(H,35,37)(H4,29,30,32)(H3,31,34,38). The highest BCUT2D eigenvalue weighted by atomic mass is 16.2. The summed E-state index contributed by atoms with van der Waals surface area (Å²) < 4.78 is 0. The zero-order valence-corrected chi connectivity index (χ0v) is 20.9. The summed E-state index contributed by atoms with van der Waals surface area (Å²) in [5.74, 6) is -1.37. The number of primary amides is 1. The highest BCUT2D eigenvalue weighted by molar-refractivity contribution is 5.92. The molecule has 1 unspecified atom stereocenters. The Hall–Kier alpha value is -4.86. The summed E-state index contributed by atoms with van der Waals surface area (Å²) in [6.45, 7) is 0.624. The number of hydrogen-bond acceptors (Lipinski definition) is 4. The Bertz CT molecular complexity index is 1180. The molecule has 3 aromatic carbocycles. The van der Waals surface area contributed by atoms with Gasteiger partial charge in [-0.25, -0.2) is 4.79 Å². The average Bonchev–Trinajstić information content (AvgIpc) is 2.91. The number of hydrogen-bond donors (Lipinski definition) is 7. The van der Waals surface area contributed by atoms with Gasteiger partial charge in [-0.15, -0.1) is 0 Å². The van der Waals surface area contributed by atoms with Crippen LogP contribution in [0.4, 0.5) is 10.5 Å². The zero-order valence-electron chi connectivity index (χ0n) is 20.9. The lowest BCUT2D eigenvalue weighted by Crippen LogP contribution is -2.48. The van der Waals surface area contributed by atoms with Crippen LogP contribution in [0.5, 0.6) is 0 Å². The van der Waals surface area contributed by atoms with Crippen LogP contribution in [0.25, 0.3) is 0 Å². The molecule has 1 atom stereocenters. The molecule has 0 heterocycles. The molecule has 0 aromatic heterocycles. The van der Waals surface area contributed by atoms with E-state index in [4.69, 9.17) is 16.9 Å². The zero-order chi connectivity index (χ0) is 27.3. The summed E-state index contributed by atoms with van der Waals surface area (Å²) in [6, 6.07) is 24.3. The molecule has 0 radical (unpaired) electrons. The highest BCUT2D eigenvalue weighted by Crippen LogP contribution is 2.25. The lowest BCUT2D eigenvalue weighted by molar-refractivity contribution is -0.129. The summed E-state index contributed by atoms with van der Waals surface area (Å²) in [4.78, 5) is 37.8. The van der Waals surface area contributed by atoms with Crippen molar-refractivity contribution in [2.24, 2.45) is 11.5 Å². The molecule has 0 aliphatic carbocycles. The van der Waals surface area contributed by atoms with E-state index in [2.05, 4.69) is 21.3 Å². The first kappa shape index (κ1) is 27.7. The van der Waals surface area contributed by atoms with Crippen molar-refractivity contribution in [1.82, 2.24) is 16.0 Å². The topological polar surface area (TPSA) is 175 Å². The smallest absolute Gasteiger partial charge is 0.316 e. The maximum atomic E-state index is 13.6. The van der Waals surface area contributed by atoms with Crippen LogP contribution in [0.15, 0.2) is 84.9 Å². The Morgan fingerprint density at radius 3 is 1.87 bits per heavy atom. The number of urea groups is 1. The fraction of sp³-hybridized carbons (Fsp3) is 0.214. The predicted octanol–water partition coefficient (Wildman–Crippen LogP) is 2.37. The van der Waals surface area contributed by atoms with Gasteiger partial charge in [0.2, 0.25) is 11.8 Å². The van der Waals surface area contributed by atoms with E-state index in [-0.39, 0.29) is 24.3 Å². The molecule has 10 heteroatoms. The second-order valence-electron chi connectivity index (χ2n) is 8.70. The summed E-state index contributed by atoms with van der Waals surface area (Å²) >= 11 is 0. The van der Waals surface area contributed by atoms with E-state index in [0.29, 0.717) is 25.1 Å². The number of anilines is 1. The lowest BCUT2D eigenvalue weighted by atomic mass is 9.90. The second-order valence-corrected chi connectivity index (χ2v) is 8.70. The Morgan fingerprint density at radius 2 is 1.34 bits per heavy atom. The van der Waals surface area contributed by atoms with Crippen molar-refractivity contribution >= 4 is 29.5 Å². The van der Waals surface area contributed by atoms with E-state index >= 15 is 0 Å².